The minimum absolute atomic E-state index is 0.0766. The molecule has 4 aliphatic carbocycles. The first kappa shape index (κ1) is 16.5. The number of ketones is 2. The number of hydrogen-bond acceptors (Lipinski definition) is 3. The Hall–Kier alpha value is -0.960. The lowest BCUT2D eigenvalue weighted by Gasteiger charge is -2.56. The minimum atomic E-state index is -0.0791. The van der Waals surface area contributed by atoms with Gasteiger partial charge in [0.1, 0.15) is 11.6 Å². The number of aliphatic hydroxyl groups is 1. The lowest BCUT2D eigenvalue weighted by molar-refractivity contribution is -0.145. The molecule has 0 unspecified atom stereocenters. The Labute approximate surface area is 144 Å². The molecule has 0 amide bonds. The zero-order valence-electron chi connectivity index (χ0n) is 15.0. The van der Waals surface area contributed by atoms with Crippen LogP contribution in [0.1, 0.15) is 65.2 Å². The van der Waals surface area contributed by atoms with Crippen LogP contribution >= 0.6 is 0 Å². The average molecular weight is 330 g/mol. The summed E-state index contributed by atoms with van der Waals surface area (Å²) in [7, 11) is 0. The number of rotatable bonds is 2. The first-order chi connectivity index (χ1) is 11.4. The fourth-order valence-corrected chi connectivity index (χ4v) is 7.04. The van der Waals surface area contributed by atoms with Crippen molar-refractivity contribution in [3.63, 3.8) is 0 Å². The van der Waals surface area contributed by atoms with Crippen molar-refractivity contribution in [2.24, 2.45) is 34.5 Å². The number of carbonyl (C=O) groups excluding carboxylic acids is 2. The summed E-state index contributed by atoms with van der Waals surface area (Å²) in [5.41, 5.74) is 1.25. The van der Waals surface area contributed by atoms with E-state index in [1.807, 2.05) is 0 Å². The first-order valence-corrected chi connectivity index (χ1v) is 9.75. The minimum Gasteiger partial charge on any atom is -0.396 e. The molecule has 4 aliphatic rings. The van der Waals surface area contributed by atoms with E-state index in [1.54, 1.807) is 0 Å². The van der Waals surface area contributed by atoms with Gasteiger partial charge in [-0.25, -0.2) is 0 Å². The quantitative estimate of drug-likeness (QED) is 0.786. The third-order valence-electron chi connectivity index (χ3n) is 8.30. The van der Waals surface area contributed by atoms with E-state index in [9.17, 15) is 14.7 Å². The van der Waals surface area contributed by atoms with Crippen LogP contribution in [0.4, 0.5) is 0 Å². The maximum Gasteiger partial charge on any atom is 0.137 e. The molecular formula is C21H30O3. The smallest absolute Gasteiger partial charge is 0.137 e. The Bertz CT molecular complexity index is 606. The summed E-state index contributed by atoms with van der Waals surface area (Å²) >= 11 is 0. The van der Waals surface area contributed by atoms with Crippen LogP contribution in [0.5, 0.6) is 0 Å². The van der Waals surface area contributed by atoms with Gasteiger partial charge in [0.05, 0.1) is 0 Å². The number of hydrogen-bond donors (Lipinski definition) is 1. The Morgan fingerprint density at radius 2 is 2.04 bits per heavy atom. The molecule has 4 rings (SSSR count). The van der Waals surface area contributed by atoms with Crippen LogP contribution in [0.15, 0.2) is 11.6 Å². The van der Waals surface area contributed by atoms with Crippen LogP contribution in [-0.4, -0.2) is 23.3 Å². The number of fused-ring (bicyclic) bond motifs is 5. The molecule has 132 valence electrons. The van der Waals surface area contributed by atoms with Gasteiger partial charge in [0.15, 0.2) is 0 Å². The standard InChI is InChI=1S/C21H30O3/c1-20-9-7-15(23)11-14(20)3-5-16-17-6-4-13(8-10-22)21(17,2)12-18(24)19(16)20/h3,13,16-17,19,22H,4-12H2,1-2H3/t13-,16+,17+,19-,20+,21-/m1/s1. The zero-order chi connectivity index (χ0) is 17.1. The molecule has 1 N–H and O–H groups in total. The predicted molar refractivity (Wildman–Crippen MR) is 92.3 cm³/mol. The van der Waals surface area contributed by atoms with Crippen LogP contribution in [0, 0.1) is 34.5 Å². The lowest BCUT2D eigenvalue weighted by atomic mass is 9.47. The van der Waals surface area contributed by atoms with E-state index >= 15 is 0 Å². The summed E-state index contributed by atoms with van der Waals surface area (Å²) in [6, 6.07) is 0. The molecule has 3 saturated carbocycles. The average Bonchev–Trinajstić information content (AvgIpc) is 2.84. The summed E-state index contributed by atoms with van der Waals surface area (Å²) in [4.78, 5) is 25.2. The molecule has 0 aliphatic heterocycles. The van der Waals surface area contributed by atoms with Gasteiger partial charge in [-0.1, -0.05) is 25.5 Å². The van der Waals surface area contributed by atoms with Gasteiger partial charge in [-0.2, -0.15) is 0 Å². The van der Waals surface area contributed by atoms with Crippen LogP contribution < -0.4 is 0 Å². The molecular weight excluding hydrogens is 300 g/mol. The second-order valence-corrected chi connectivity index (χ2v) is 9.28. The van der Waals surface area contributed by atoms with Crippen molar-refractivity contribution in [2.75, 3.05) is 6.61 Å². The summed E-state index contributed by atoms with van der Waals surface area (Å²) in [5, 5.41) is 9.42. The van der Waals surface area contributed by atoms with E-state index in [4.69, 9.17) is 0 Å². The molecule has 0 aromatic heterocycles. The van der Waals surface area contributed by atoms with Crippen molar-refractivity contribution in [1.82, 2.24) is 0 Å². The third kappa shape index (κ3) is 2.13. The van der Waals surface area contributed by atoms with Gasteiger partial charge in [-0.05, 0) is 60.7 Å². The number of carbonyl (C=O) groups is 2. The molecule has 3 fully saturated rings. The molecule has 0 radical (unpaired) electrons. The Balaban J connectivity index is 1.70. The molecule has 3 heteroatoms. The highest BCUT2D eigenvalue weighted by molar-refractivity contribution is 5.87. The monoisotopic (exact) mass is 330 g/mol. The van der Waals surface area contributed by atoms with E-state index in [1.165, 1.54) is 12.0 Å². The largest absolute Gasteiger partial charge is 0.396 e. The topological polar surface area (TPSA) is 54.4 Å². The first-order valence-electron chi connectivity index (χ1n) is 9.75. The van der Waals surface area contributed by atoms with Gasteiger partial charge in [0, 0.05) is 31.8 Å². The van der Waals surface area contributed by atoms with E-state index in [2.05, 4.69) is 19.9 Å². The summed E-state index contributed by atoms with van der Waals surface area (Å²) in [5.74, 6) is 2.44. The Kier molecular flexibility index (Phi) is 3.80. The van der Waals surface area contributed by atoms with E-state index in [0.29, 0.717) is 48.6 Å². The van der Waals surface area contributed by atoms with Crippen LogP contribution in [0.25, 0.3) is 0 Å². The second kappa shape index (κ2) is 5.52. The van der Waals surface area contributed by atoms with Crippen molar-refractivity contribution in [2.45, 2.75) is 65.2 Å². The van der Waals surface area contributed by atoms with Crippen molar-refractivity contribution < 1.29 is 14.7 Å². The molecule has 0 bridgehead atoms. The molecule has 24 heavy (non-hydrogen) atoms. The molecule has 3 nitrogen and oxygen atoms in total. The molecule has 0 saturated heterocycles. The number of Topliss-reactive ketones (excluding diaryl/α,β-unsaturated/α-hetero) is 2. The van der Waals surface area contributed by atoms with E-state index in [0.717, 1.165) is 25.7 Å². The Morgan fingerprint density at radius 3 is 2.79 bits per heavy atom. The third-order valence-corrected chi connectivity index (χ3v) is 8.30. The summed E-state index contributed by atoms with van der Waals surface area (Å²) in [6.45, 7) is 4.80. The normalized spacial score (nSPS) is 47.7. The van der Waals surface area contributed by atoms with Crippen LogP contribution in [-0.2, 0) is 9.59 Å². The summed E-state index contributed by atoms with van der Waals surface area (Å²) < 4.78 is 0. The predicted octanol–water partition coefficient (Wildman–Crippen LogP) is 3.70. The molecule has 0 aromatic rings. The molecule has 6 atom stereocenters. The van der Waals surface area contributed by atoms with Gasteiger partial charge in [0.25, 0.3) is 0 Å². The van der Waals surface area contributed by atoms with E-state index in [-0.39, 0.29) is 23.4 Å². The van der Waals surface area contributed by atoms with Crippen LogP contribution in [0.2, 0.25) is 0 Å². The second-order valence-electron chi connectivity index (χ2n) is 9.28. The van der Waals surface area contributed by atoms with Crippen molar-refractivity contribution in [1.29, 1.82) is 0 Å². The number of allylic oxidation sites excluding steroid dienone is 2. The molecule has 0 aromatic carbocycles. The van der Waals surface area contributed by atoms with Gasteiger partial charge in [0.2, 0.25) is 0 Å². The summed E-state index contributed by atoms with van der Waals surface area (Å²) in [6.07, 6.45) is 9.23. The fraction of sp³-hybridized carbons (Fsp3) is 0.810. The van der Waals surface area contributed by atoms with Crippen LogP contribution in [0.3, 0.4) is 0 Å². The lowest BCUT2D eigenvalue weighted by Crippen LogP contribution is -2.54. The van der Waals surface area contributed by atoms with Crippen molar-refractivity contribution >= 4 is 11.6 Å². The van der Waals surface area contributed by atoms with Gasteiger partial charge in [-0.3, -0.25) is 9.59 Å². The number of aliphatic hydroxyl groups excluding tert-OH is 1. The van der Waals surface area contributed by atoms with Gasteiger partial charge >= 0.3 is 0 Å². The van der Waals surface area contributed by atoms with Gasteiger partial charge < -0.3 is 5.11 Å². The maximum atomic E-state index is 13.3. The highest BCUT2D eigenvalue weighted by Gasteiger charge is 2.61. The molecule has 0 spiro atoms. The van der Waals surface area contributed by atoms with Crippen molar-refractivity contribution in [3.05, 3.63) is 11.6 Å². The zero-order valence-corrected chi connectivity index (χ0v) is 15.0. The highest BCUT2D eigenvalue weighted by atomic mass is 16.3. The maximum absolute atomic E-state index is 13.3. The Morgan fingerprint density at radius 1 is 1.25 bits per heavy atom. The van der Waals surface area contributed by atoms with E-state index < -0.39 is 0 Å². The van der Waals surface area contributed by atoms with Gasteiger partial charge in [-0.15, -0.1) is 0 Å². The van der Waals surface area contributed by atoms with Crippen molar-refractivity contribution in [3.8, 4) is 0 Å². The highest BCUT2D eigenvalue weighted by Crippen LogP contribution is 2.65. The molecule has 0 heterocycles. The SMILES string of the molecule is C[C@]12CC(=O)[C@H]3[C@@H](CC=C4CC(=O)CC[C@@]43C)[C@@H]1CC[C@@H]2CCO. The fourth-order valence-electron chi connectivity index (χ4n) is 7.04.